The molecule has 152 valence electrons. The van der Waals surface area contributed by atoms with Gasteiger partial charge < -0.3 is 20.3 Å². The molecule has 1 aliphatic heterocycles. The maximum atomic E-state index is 13.4. The molecule has 10 heteroatoms. The number of carbonyl (C=O) groups is 2. The minimum atomic E-state index is -0.770. The van der Waals surface area contributed by atoms with E-state index in [-0.39, 0.29) is 30.5 Å². The third kappa shape index (κ3) is 6.97. The number of ether oxygens (including phenoxy) is 2. The number of carboxylic acid groups (broad SMARTS) is 1. The van der Waals surface area contributed by atoms with E-state index in [2.05, 4.69) is 4.98 Å². The Morgan fingerprint density at radius 3 is 2.48 bits per heavy atom. The van der Waals surface area contributed by atoms with Crippen LogP contribution < -0.4 is 11.4 Å². The molecule has 2 unspecified atom stereocenters. The van der Waals surface area contributed by atoms with Gasteiger partial charge in [-0.25, -0.2) is 9.18 Å². The van der Waals surface area contributed by atoms with E-state index in [1.807, 2.05) is 0 Å². The van der Waals surface area contributed by atoms with Crippen LogP contribution in [0.1, 0.15) is 46.8 Å². The zero-order valence-corrected chi connectivity index (χ0v) is 15.8. The molecule has 0 aromatic carbocycles. The molecule has 0 radical (unpaired) electrons. The summed E-state index contributed by atoms with van der Waals surface area (Å²) in [6.07, 6.45) is 1.16. The number of nitrogen functional groups attached to an aromatic ring is 1. The summed E-state index contributed by atoms with van der Waals surface area (Å²) >= 11 is 0. The highest BCUT2D eigenvalue weighted by Crippen LogP contribution is 2.27. The normalized spacial score (nSPS) is 18.9. The Bertz CT molecular complexity index is 719. The number of nitrogens with two attached hydrogens (primary N) is 1. The maximum absolute atomic E-state index is 13.4. The van der Waals surface area contributed by atoms with Crippen LogP contribution in [-0.2, 0) is 19.1 Å². The molecule has 1 fully saturated rings. The van der Waals surface area contributed by atoms with Crippen molar-refractivity contribution in [2.24, 2.45) is 11.8 Å². The van der Waals surface area contributed by atoms with Gasteiger partial charge in [-0.15, -0.1) is 0 Å². The number of aromatic nitrogens is 2. The zero-order valence-electron chi connectivity index (χ0n) is 15.8. The molecule has 9 nitrogen and oxygen atoms in total. The van der Waals surface area contributed by atoms with Gasteiger partial charge in [-0.3, -0.25) is 14.2 Å². The number of halogens is 1. The number of aliphatic carboxylic acids is 1. The van der Waals surface area contributed by atoms with Crippen LogP contribution >= 0.6 is 0 Å². The minimum Gasteiger partial charge on any atom is -0.481 e. The average Bonchev–Trinajstić information content (AvgIpc) is 3.05. The number of hydrogen-bond acceptors (Lipinski definition) is 7. The number of esters is 1. The van der Waals surface area contributed by atoms with Crippen LogP contribution in [0.5, 0.6) is 0 Å². The predicted octanol–water partition coefficient (Wildman–Crippen LogP) is 1.57. The van der Waals surface area contributed by atoms with E-state index in [1.165, 1.54) is 0 Å². The molecule has 0 bridgehead atoms. The predicted molar refractivity (Wildman–Crippen MR) is 94.3 cm³/mol. The third-order valence-corrected chi connectivity index (χ3v) is 3.71. The number of hydrogen-bond donors (Lipinski definition) is 2. The Kier molecular flexibility index (Phi) is 8.35. The van der Waals surface area contributed by atoms with E-state index in [0.717, 1.165) is 10.8 Å². The standard InChI is InChI=1S/C13H18FN3O4.C4H8O2/c1-7(2)12(18)20-6-8-3-4-10(21-8)17-5-9(14)11(15)16-13(17)19;1-3(2)4(5)6/h5,7-8,10H,3-4,6H2,1-2H3,(H2,15,16,19);3H,1-2H3,(H,5,6). The lowest BCUT2D eigenvalue weighted by atomic mass is 10.2. The number of anilines is 1. The molecule has 0 aliphatic carbocycles. The van der Waals surface area contributed by atoms with Crippen molar-refractivity contribution in [3.8, 4) is 0 Å². The summed E-state index contributed by atoms with van der Waals surface area (Å²) in [7, 11) is 0. The fourth-order valence-corrected chi connectivity index (χ4v) is 2.02. The average molecular weight is 387 g/mol. The molecule has 0 spiro atoms. The number of carbonyl (C=O) groups excluding carboxylic acids is 1. The van der Waals surface area contributed by atoms with Gasteiger partial charge in [-0.1, -0.05) is 27.7 Å². The van der Waals surface area contributed by atoms with E-state index in [0.29, 0.717) is 12.8 Å². The molecule has 3 N–H and O–H groups in total. The zero-order chi connectivity index (χ0) is 20.7. The van der Waals surface area contributed by atoms with Crippen LogP contribution in [0, 0.1) is 17.7 Å². The highest BCUT2D eigenvalue weighted by molar-refractivity contribution is 5.71. The second-order valence-corrected chi connectivity index (χ2v) is 6.73. The largest absolute Gasteiger partial charge is 0.481 e. The van der Waals surface area contributed by atoms with Crippen molar-refractivity contribution in [1.29, 1.82) is 0 Å². The van der Waals surface area contributed by atoms with E-state index in [9.17, 15) is 18.8 Å². The SMILES string of the molecule is CC(C)C(=O)O.CC(C)C(=O)OCC1CCC(n2cc(F)c(N)nc2=O)O1. The highest BCUT2D eigenvalue weighted by atomic mass is 19.1. The Hall–Kier alpha value is -2.49. The molecule has 1 aliphatic rings. The van der Waals surface area contributed by atoms with Crippen molar-refractivity contribution in [2.75, 3.05) is 12.3 Å². The van der Waals surface area contributed by atoms with Crippen LogP contribution in [0.2, 0.25) is 0 Å². The Morgan fingerprint density at radius 2 is 1.96 bits per heavy atom. The fraction of sp³-hybridized carbons (Fsp3) is 0.647. The molecule has 0 amide bonds. The molecule has 2 rings (SSSR count). The third-order valence-electron chi connectivity index (χ3n) is 3.71. The summed E-state index contributed by atoms with van der Waals surface area (Å²) in [5.74, 6) is -2.69. The van der Waals surface area contributed by atoms with Gasteiger partial charge in [-0.05, 0) is 12.8 Å². The second-order valence-electron chi connectivity index (χ2n) is 6.73. The molecule has 2 heterocycles. The first-order valence-corrected chi connectivity index (χ1v) is 8.62. The van der Waals surface area contributed by atoms with Crippen LogP contribution in [0.4, 0.5) is 10.2 Å². The van der Waals surface area contributed by atoms with Crippen molar-refractivity contribution >= 4 is 17.8 Å². The molecule has 27 heavy (non-hydrogen) atoms. The molecule has 0 saturated carbocycles. The Balaban J connectivity index is 0.000000527. The smallest absolute Gasteiger partial charge is 0.351 e. The number of carboxylic acids is 1. The van der Waals surface area contributed by atoms with Gasteiger partial charge in [0.2, 0.25) is 0 Å². The van der Waals surface area contributed by atoms with Gasteiger partial charge in [0, 0.05) is 0 Å². The van der Waals surface area contributed by atoms with E-state index in [1.54, 1.807) is 27.7 Å². The van der Waals surface area contributed by atoms with Crippen molar-refractivity contribution in [3.05, 3.63) is 22.5 Å². The summed E-state index contributed by atoms with van der Waals surface area (Å²) in [6.45, 7) is 6.88. The van der Waals surface area contributed by atoms with E-state index >= 15 is 0 Å². The molecular weight excluding hydrogens is 361 g/mol. The lowest BCUT2D eigenvalue weighted by molar-refractivity contribution is -0.152. The number of rotatable bonds is 5. The van der Waals surface area contributed by atoms with Gasteiger partial charge >= 0.3 is 17.6 Å². The minimum absolute atomic E-state index is 0.118. The van der Waals surface area contributed by atoms with Crippen LogP contribution in [0.3, 0.4) is 0 Å². The molecule has 1 saturated heterocycles. The van der Waals surface area contributed by atoms with Gasteiger partial charge in [0.1, 0.15) is 12.8 Å². The quantitative estimate of drug-likeness (QED) is 0.727. The van der Waals surface area contributed by atoms with E-state index in [4.69, 9.17) is 20.3 Å². The summed E-state index contributed by atoms with van der Waals surface area (Å²) in [4.78, 5) is 36.1. The van der Waals surface area contributed by atoms with Crippen LogP contribution in [0.15, 0.2) is 11.0 Å². The van der Waals surface area contributed by atoms with Crippen molar-refractivity contribution < 1.29 is 28.6 Å². The van der Waals surface area contributed by atoms with Gasteiger partial charge in [0.15, 0.2) is 11.6 Å². The fourth-order valence-electron chi connectivity index (χ4n) is 2.02. The lowest BCUT2D eigenvalue weighted by Gasteiger charge is -2.16. The summed E-state index contributed by atoms with van der Waals surface area (Å²) < 4.78 is 25.1. The van der Waals surface area contributed by atoms with Crippen molar-refractivity contribution in [1.82, 2.24) is 9.55 Å². The second kappa shape index (κ2) is 10.0. The summed E-state index contributed by atoms with van der Waals surface area (Å²) in [5.41, 5.74) is 4.56. The molecule has 1 aromatic rings. The molecule has 2 atom stereocenters. The molecular formula is C17H26FN3O6. The monoisotopic (exact) mass is 387 g/mol. The van der Waals surface area contributed by atoms with Crippen LogP contribution in [0.25, 0.3) is 0 Å². The first-order valence-electron chi connectivity index (χ1n) is 8.62. The first-order chi connectivity index (χ1) is 12.5. The number of nitrogens with zero attached hydrogens (tertiary/aromatic N) is 2. The Labute approximate surface area is 156 Å². The summed E-state index contributed by atoms with van der Waals surface area (Å²) in [6, 6.07) is 0. The van der Waals surface area contributed by atoms with Gasteiger partial charge in [0.05, 0.1) is 24.1 Å². The van der Waals surface area contributed by atoms with Gasteiger partial charge in [0.25, 0.3) is 0 Å². The first kappa shape index (κ1) is 22.6. The highest BCUT2D eigenvalue weighted by Gasteiger charge is 2.29. The van der Waals surface area contributed by atoms with Crippen LogP contribution in [-0.4, -0.2) is 39.3 Å². The molecule has 1 aromatic heterocycles. The Morgan fingerprint density at radius 1 is 1.37 bits per heavy atom. The van der Waals surface area contributed by atoms with E-state index < -0.39 is 29.5 Å². The lowest BCUT2D eigenvalue weighted by Crippen LogP contribution is -2.29. The maximum Gasteiger partial charge on any atom is 0.351 e. The summed E-state index contributed by atoms with van der Waals surface area (Å²) in [5, 5.41) is 7.99. The van der Waals surface area contributed by atoms with Gasteiger partial charge in [-0.2, -0.15) is 4.98 Å². The topological polar surface area (TPSA) is 134 Å². The van der Waals surface area contributed by atoms with Crippen molar-refractivity contribution in [2.45, 2.75) is 52.9 Å². The van der Waals surface area contributed by atoms with Crippen molar-refractivity contribution in [3.63, 3.8) is 0 Å².